The van der Waals surface area contributed by atoms with Crippen molar-refractivity contribution in [2.75, 3.05) is 0 Å². The van der Waals surface area contributed by atoms with Gasteiger partial charge in [-0.15, -0.1) is 11.3 Å². The highest BCUT2D eigenvalue weighted by Crippen LogP contribution is 2.32. The van der Waals surface area contributed by atoms with Crippen molar-refractivity contribution in [3.05, 3.63) is 21.1 Å². The fourth-order valence-corrected chi connectivity index (χ4v) is 3.36. The van der Waals surface area contributed by atoms with E-state index >= 15 is 0 Å². The average molecular weight is 320 g/mol. The van der Waals surface area contributed by atoms with Crippen molar-refractivity contribution in [1.29, 1.82) is 0 Å². The van der Waals surface area contributed by atoms with Crippen molar-refractivity contribution in [3.8, 4) is 5.75 Å². The normalized spacial score (nSPS) is 10.8. The van der Waals surface area contributed by atoms with E-state index in [1.165, 1.54) is 23.5 Å². The monoisotopic (exact) mass is 320 g/mol. The molecular weight excluding hydrogens is 314 g/mol. The van der Waals surface area contributed by atoms with Gasteiger partial charge >= 0.3 is 7.12 Å². The lowest BCUT2D eigenvalue weighted by molar-refractivity contribution is 0.426. The number of hydrogen-bond acceptors (Lipinski definition) is 4. The zero-order valence-electron chi connectivity index (χ0n) is 6.94. The Morgan fingerprint density at radius 1 is 1.29 bits per heavy atom. The first-order valence-corrected chi connectivity index (χ1v) is 5.82. The summed E-state index contributed by atoms with van der Waals surface area (Å²) in [4.78, 5) is 0. The molecule has 1 aromatic heterocycles. The van der Waals surface area contributed by atoms with Crippen molar-refractivity contribution < 1.29 is 15.2 Å². The Morgan fingerprint density at radius 2 is 2.00 bits per heavy atom. The summed E-state index contributed by atoms with van der Waals surface area (Å²) in [6.45, 7) is 0. The van der Waals surface area contributed by atoms with Crippen molar-refractivity contribution >= 4 is 56.6 Å². The molecule has 0 fully saturated rings. The second kappa shape index (κ2) is 3.69. The van der Waals surface area contributed by atoms with Crippen LogP contribution in [0.4, 0.5) is 0 Å². The molecule has 0 saturated heterocycles. The third-order valence-corrected chi connectivity index (χ3v) is 4.24. The maximum atomic E-state index is 9.53. The molecule has 0 aliphatic carbocycles. The average Bonchev–Trinajstić information content (AvgIpc) is 2.50. The van der Waals surface area contributed by atoms with Crippen LogP contribution in [0.5, 0.6) is 5.75 Å². The van der Waals surface area contributed by atoms with Crippen LogP contribution >= 0.6 is 33.9 Å². The van der Waals surface area contributed by atoms with Gasteiger partial charge in [-0.2, -0.15) is 0 Å². The molecule has 0 bridgehead atoms. The molecule has 0 aliphatic rings. The molecule has 3 nitrogen and oxygen atoms in total. The summed E-state index contributed by atoms with van der Waals surface area (Å²) in [6, 6.07) is 3.00. The Bertz CT molecular complexity index is 483. The highest BCUT2D eigenvalue weighted by molar-refractivity contribution is 14.1. The molecule has 0 spiro atoms. The molecule has 14 heavy (non-hydrogen) atoms. The molecule has 0 unspecified atom stereocenters. The minimum Gasteiger partial charge on any atom is -0.506 e. The van der Waals surface area contributed by atoms with Gasteiger partial charge < -0.3 is 15.2 Å². The molecule has 1 aromatic carbocycles. The number of rotatable bonds is 1. The van der Waals surface area contributed by atoms with Crippen LogP contribution in [0.25, 0.3) is 10.1 Å². The summed E-state index contributed by atoms with van der Waals surface area (Å²) in [5.74, 6) is 0.178. The van der Waals surface area contributed by atoms with E-state index in [1.807, 2.05) is 5.38 Å². The maximum Gasteiger partial charge on any atom is 0.489 e. The minimum atomic E-state index is -1.50. The van der Waals surface area contributed by atoms with Gasteiger partial charge in [0.25, 0.3) is 0 Å². The van der Waals surface area contributed by atoms with E-state index in [9.17, 15) is 5.11 Å². The van der Waals surface area contributed by atoms with E-state index in [4.69, 9.17) is 10.0 Å². The van der Waals surface area contributed by atoms with Crippen LogP contribution in [-0.4, -0.2) is 22.3 Å². The van der Waals surface area contributed by atoms with E-state index in [1.54, 1.807) is 0 Å². The molecular formula is C8H6BIO3S. The topological polar surface area (TPSA) is 60.7 Å². The van der Waals surface area contributed by atoms with Gasteiger partial charge in [0.2, 0.25) is 0 Å². The fourth-order valence-electron chi connectivity index (χ4n) is 1.34. The van der Waals surface area contributed by atoms with Gasteiger partial charge in [0.05, 0.1) is 4.70 Å². The first kappa shape index (κ1) is 10.2. The van der Waals surface area contributed by atoms with Crippen LogP contribution < -0.4 is 5.46 Å². The summed E-state index contributed by atoms with van der Waals surface area (Å²) in [5.41, 5.74) is 0.434. The lowest BCUT2D eigenvalue weighted by atomic mass is 9.78. The van der Waals surface area contributed by atoms with Crippen molar-refractivity contribution in [2.45, 2.75) is 0 Å². The molecule has 0 radical (unpaired) electrons. The van der Waals surface area contributed by atoms with Crippen LogP contribution in [0, 0.1) is 3.57 Å². The van der Waals surface area contributed by atoms with E-state index in [0.29, 0.717) is 10.2 Å². The predicted octanol–water partition coefficient (Wildman–Crippen LogP) is 0.891. The lowest BCUT2D eigenvalue weighted by Gasteiger charge is -2.03. The van der Waals surface area contributed by atoms with Crippen LogP contribution in [-0.2, 0) is 0 Å². The third kappa shape index (κ3) is 1.52. The Morgan fingerprint density at radius 3 is 2.64 bits per heavy atom. The molecule has 0 saturated carbocycles. The second-order valence-corrected chi connectivity index (χ2v) is 4.88. The highest BCUT2D eigenvalue weighted by atomic mass is 127. The summed E-state index contributed by atoms with van der Waals surface area (Å²) in [5, 5.41) is 30.4. The number of thiophene rings is 1. The SMILES string of the molecule is OB(O)c1ccc(O)c2scc(I)c12. The van der Waals surface area contributed by atoms with Gasteiger partial charge in [-0.25, -0.2) is 0 Å². The van der Waals surface area contributed by atoms with Crippen molar-refractivity contribution in [1.82, 2.24) is 0 Å². The largest absolute Gasteiger partial charge is 0.506 e. The van der Waals surface area contributed by atoms with Gasteiger partial charge in [-0.1, -0.05) is 6.07 Å². The second-order valence-electron chi connectivity index (χ2n) is 2.84. The van der Waals surface area contributed by atoms with Crippen molar-refractivity contribution in [3.63, 3.8) is 0 Å². The number of hydrogen-bond donors (Lipinski definition) is 3. The Hall–Kier alpha value is -0.305. The summed E-state index contributed by atoms with van der Waals surface area (Å²) < 4.78 is 1.61. The number of fused-ring (bicyclic) bond motifs is 1. The molecule has 2 rings (SSSR count). The van der Waals surface area contributed by atoms with Gasteiger partial charge in [0.1, 0.15) is 5.75 Å². The number of phenols is 1. The van der Waals surface area contributed by atoms with Crippen LogP contribution in [0.3, 0.4) is 0 Å². The van der Waals surface area contributed by atoms with E-state index in [2.05, 4.69) is 22.6 Å². The smallest absolute Gasteiger partial charge is 0.489 e. The number of phenolic OH excluding ortho intramolecular Hbond substituents is 1. The third-order valence-electron chi connectivity index (χ3n) is 1.97. The van der Waals surface area contributed by atoms with Gasteiger partial charge in [-0.05, 0) is 34.1 Å². The number of aromatic hydroxyl groups is 1. The molecule has 0 atom stereocenters. The van der Waals surface area contributed by atoms with E-state index in [-0.39, 0.29) is 5.75 Å². The number of benzene rings is 1. The van der Waals surface area contributed by atoms with Crippen molar-refractivity contribution in [2.24, 2.45) is 0 Å². The van der Waals surface area contributed by atoms with E-state index < -0.39 is 7.12 Å². The zero-order valence-corrected chi connectivity index (χ0v) is 9.91. The lowest BCUT2D eigenvalue weighted by Crippen LogP contribution is -2.30. The van der Waals surface area contributed by atoms with Crippen LogP contribution in [0.15, 0.2) is 17.5 Å². The van der Waals surface area contributed by atoms with Gasteiger partial charge in [-0.3, -0.25) is 0 Å². The summed E-state index contributed by atoms with van der Waals surface area (Å²) in [6.07, 6.45) is 0. The molecule has 72 valence electrons. The first-order valence-electron chi connectivity index (χ1n) is 3.86. The quantitative estimate of drug-likeness (QED) is 0.540. The predicted molar refractivity (Wildman–Crippen MR) is 66.0 cm³/mol. The Balaban J connectivity index is 2.85. The Labute approximate surface area is 98.3 Å². The molecule has 2 aromatic rings. The minimum absolute atomic E-state index is 0.178. The standard InChI is InChI=1S/C8H6BIO3S/c10-5-3-14-8-6(11)2-1-4(7(5)8)9(12)13/h1-3,11-13H. The fraction of sp³-hybridized carbons (Fsp3) is 0. The highest BCUT2D eigenvalue weighted by Gasteiger charge is 2.19. The zero-order chi connectivity index (χ0) is 10.3. The first-order chi connectivity index (χ1) is 6.61. The molecule has 0 amide bonds. The van der Waals surface area contributed by atoms with Crippen LogP contribution in [0.1, 0.15) is 0 Å². The molecule has 3 N–H and O–H groups in total. The summed E-state index contributed by atoms with van der Waals surface area (Å²) >= 11 is 3.50. The van der Waals surface area contributed by atoms with Gasteiger partial charge in [0, 0.05) is 14.3 Å². The van der Waals surface area contributed by atoms with Crippen LogP contribution in [0.2, 0.25) is 0 Å². The molecule has 0 aliphatic heterocycles. The maximum absolute atomic E-state index is 9.53. The van der Waals surface area contributed by atoms with Gasteiger partial charge in [0.15, 0.2) is 0 Å². The number of halogens is 1. The Kier molecular flexibility index (Phi) is 2.69. The molecule has 1 heterocycles. The summed E-state index contributed by atoms with van der Waals surface area (Å²) in [7, 11) is -1.50. The molecule has 6 heteroatoms. The van der Waals surface area contributed by atoms with E-state index in [0.717, 1.165) is 8.96 Å².